The number of nitrogens with one attached hydrogen (secondary N) is 1. The number of aliphatic hydroxyl groups is 1. The van der Waals surface area contributed by atoms with Gasteiger partial charge in [-0.05, 0) is 37.5 Å². The third-order valence-corrected chi connectivity index (χ3v) is 5.89. The van der Waals surface area contributed by atoms with Crippen LogP contribution >= 0.6 is 35.0 Å². The smallest absolute Gasteiger partial charge is 0.0613 e. The number of aliphatic hydroxyl groups excluding tert-OH is 1. The molecule has 2 rings (SSSR count). The molecule has 21 heavy (non-hydrogen) atoms. The summed E-state index contributed by atoms with van der Waals surface area (Å²) in [6.45, 7) is 4.46. The third-order valence-electron chi connectivity index (χ3n) is 3.89. The van der Waals surface area contributed by atoms with Gasteiger partial charge in [-0.1, -0.05) is 43.5 Å². The highest BCUT2D eigenvalue weighted by molar-refractivity contribution is 8.00. The minimum absolute atomic E-state index is 0.139. The van der Waals surface area contributed by atoms with Crippen molar-refractivity contribution in [3.63, 3.8) is 0 Å². The van der Waals surface area contributed by atoms with Crippen LogP contribution in [0, 0.1) is 0 Å². The summed E-state index contributed by atoms with van der Waals surface area (Å²) < 4.78 is 0. The molecule has 0 aliphatic heterocycles. The lowest BCUT2D eigenvalue weighted by atomic mass is 9.81. The molecule has 2 unspecified atom stereocenters. The molecule has 1 aliphatic carbocycles. The molecule has 1 aromatic rings. The van der Waals surface area contributed by atoms with E-state index in [1.165, 1.54) is 6.42 Å². The first-order valence-corrected chi connectivity index (χ1v) is 9.08. The number of halogens is 2. The minimum Gasteiger partial charge on any atom is -0.394 e. The maximum absolute atomic E-state index is 9.84. The Kier molecular flexibility index (Phi) is 6.27. The lowest BCUT2D eigenvalue weighted by Crippen LogP contribution is -2.54. The lowest BCUT2D eigenvalue weighted by molar-refractivity contribution is 0.115. The van der Waals surface area contributed by atoms with Crippen molar-refractivity contribution in [2.24, 2.45) is 0 Å². The molecule has 1 saturated carbocycles. The van der Waals surface area contributed by atoms with E-state index in [0.29, 0.717) is 21.3 Å². The maximum atomic E-state index is 9.84. The second-order valence-electron chi connectivity index (χ2n) is 6.15. The van der Waals surface area contributed by atoms with E-state index in [4.69, 9.17) is 23.2 Å². The average Bonchev–Trinajstić information content (AvgIpc) is 2.42. The van der Waals surface area contributed by atoms with Crippen molar-refractivity contribution in [3.8, 4) is 0 Å². The molecule has 0 bridgehead atoms. The van der Waals surface area contributed by atoms with Gasteiger partial charge in [0.15, 0.2) is 0 Å². The fourth-order valence-corrected chi connectivity index (χ4v) is 4.85. The van der Waals surface area contributed by atoms with Crippen molar-refractivity contribution in [1.29, 1.82) is 0 Å². The SMILES string of the molecule is CC(C)NC1(CO)CCCC(Sc2ccc(Cl)c(Cl)c2)C1. The molecule has 0 saturated heterocycles. The Balaban J connectivity index is 2.04. The van der Waals surface area contributed by atoms with Crippen LogP contribution in [0.25, 0.3) is 0 Å². The van der Waals surface area contributed by atoms with Gasteiger partial charge in [0.25, 0.3) is 0 Å². The van der Waals surface area contributed by atoms with E-state index >= 15 is 0 Å². The van der Waals surface area contributed by atoms with Crippen LogP contribution in [0.3, 0.4) is 0 Å². The fraction of sp³-hybridized carbons (Fsp3) is 0.625. The zero-order valence-electron chi connectivity index (χ0n) is 12.5. The van der Waals surface area contributed by atoms with E-state index in [1.807, 2.05) is 30.0 Å². The van der Waals surface area contributed by atoms with E-state index in [2.05, 4.69) is 19.2 Å². The monoisotopic (exact) mass is 347 g/mol. The molecular weight excluding hydrogens is 325 g/mol. The van der Waals surface area contributed by atoms with E-state index in [9.17, 15) is 5.11 Å². The van der Waals surface area contributed by atoms with Gasteiger partial charge < -0.3 is 10.4 Å². The quantitative estimate of drug-likeness (QED) is 0.805. The summed E-state index contributed by atoms with van der Waals surface area (Å²) in [5, 5.41) is 15.1. The van der Waals surface area contributed by atoms with Crippen molar-refractivity contribution in [2.75, 3.05) is 6.61 Å². The molecule has 0 amide bonds. The van der Waals surface area contributed by atoms with Crippen molar-refractivity contribution in [1.82, 2.24) is 5.32 Å². The van der Waals surface area contributed by atoms with Crippen LogP contribution < -0.4 is 5.32 Å². The Morgan fingerprint density at radius 1 is 1.38 bits per heavy atom. The lowest BCUT2D eigenvalue weighted by Gasteiger charge is -2.41. The van der Waals surface area contributed by atoms with Gasteiger partial charge in [0.1, 0.15) is 0 Å². The zero-order valence-corrected chi connectivity index (χ0v) is 14.9. The molecule has 0 heterocycles. The van der Waals surface area contributed by atoms with Crippen molar-refractivity contribution in [3.05, 3.63) is 28.2 Å². The molecule has 2 nitrogen and oxygen atoms in total. The van der Waals surface area contributed by atoms with Crippen LogP contribution in [0.15, 0.2) is 23.1 Å². The van der Waals surface area contributed by atoms with Gasteiger partial charge in [-0.2, -0.15) is 0 Å². The summed E-state index contributed by atoms with van der Waals surface area (Å²) in [6, 6.07) is 6.18. The standard InChI is InChI=1S/C16H23Cl2NOS/c1-11(2)19-16(10-20)7-3-4-13(9-16)21-12-5-6-14(17)15(18)8-12/h5-6,8,11,13,19-20H,3-4,7,9-10H2,1-2H3. The van der Waals surface area contributed by atoms with E-state index in [1.54, 1.807) is 0 Å². The Morgan fingerprint density at radius 3 is 2.76 bits per heavy atom. The van der Waals surface area contributed by atoms with Crippen molar-refractivity contribution in [2.45, 2.75) is 61.3 Å². The molecular formula is C16H23Cl2NOS. The summed E-state index contributed by atoms with van der Waals surface area (Å²) >= 11 is 13.9. The number of benzene rings is 1. The molecule has 1 aromatic carbocycles. The Labute approximate surface area is 141 Å². The third kappa shape index (κ3) is 4.77. The summed E-state index contributed by atoms with van der Waals surface area (Å²) in [4.78, 5) is 1.15. The van der Waals surface area contributed by atoms with Gasteiger partial charge >= 0.3 is 0 Å². The highest BCUT2D eigenvalue weighted by atomic mass is 35.5. The summed E-state index contributed by atoms with van der Waals surface area (Å²) in [7, 11) is 0. The number of hydrogen-bond acceptors (Lipinski definition) is 3. The van der Waals surface area contributed by atoms with Gasteiger partial charge in [0, 0.05) is 21.7 Å². The molecule has 0 radical (unpaired) electrons. The predicted molar refractivity (Wildman–Crippen MR) is 92.7 cm³/mol. The summed E-state index contributed by atoms with van der Waals surface area (Å²) in [5.74, 6) is 0. The molecule has 0 spiro atoms. The number of rotatable bonds is 5. The topological polar surface area (TPSA) is 32.3 Å². The zero-order chi connectivity index (χ0) is 15.5. The predicted octanol–water partition coefficient (Wildman–Crippen LogP) is 4.76. The first kappa shape index (κ1) is 17.4. The Morgan fingerprint density at radius 2 is 2.14 bits per heavy atom. The number of hydrogen-bond donors (Lipinski definition) is 2. The van der Waals surface area contributed by atoms with Crippen LogP contribution in [-0.4, -0.2) is 28.5 Å². The van der Waals surface area contributed by atoms with Crippen LogP contribution in [0.1, 0.15) is 39.5 Å². The molecule has 2 N–H and O–H groups in total. The molecule has 1 fully saturated rings. The van der Waals surface area contributed by atoms with Gasteiger partial charge in [-0.3, -0.25) is 0 Å². The Bertz CT molecular complexity index is 483. The first-order chi connectivity index (χ1) is 9.94. The van der Waals surface area contributed by atoms with Crippen LogP contribution in [0.2, 0.25) is 10.0 Å². The van der Waals surface area contributed by atoms with E-state index in [-0.39, 0.29) is 12.1 Å². The molecule has 118 valence electrons. The largest absolute Gasteiger partial charge is 0.394 e. The highest BCUT2D eigenvalue weighted by Crippen LogP contribution is 2.39. The van der Waals surface area contributed by atoms with Crippen molar-refractivity contribution < 1.29 is 5.11 Å². The van der Waals surface area contributed by atoms with Gasteiger partial charge in [-0.15, -0.1) is 11.8 Å². The highest BCUT2D eigenvalue weighted by Gasteiger charge is 2.36. The maximum Gasteiger partial charge on any atom is 0.0613 e. The second kappa shape index (κ2) is 7.56. The molecule has 5 heteroatoms. The second-order valence-corrected chi connectivity index (χ2v) is 8.34. The molecule has 1 aliphatic rings. The number of thioether (sulfide) groups is 1. The minimum atomic E-state index is -0.139. The average molecular weight is 348 g/mol. The van der Waals surface area contributed by atoms with Gasteiger partial charge in [0.05, 0.1) is 16.7 Å². The van der Waals surface area contributed by atoms with Crippen LogP contribution in [-0.2, 0) is 0 Å². The van der Waals surface area contributed by atoms with Crippen molar-refractivity contribution >= 4 is 35.0 Å². The fourth-order valence-electron chi connectivity index (χ4n) is 3.08. The molecule has 2 atom stereocenters. The van der Waals surface area contributed by atoms with Crippen LogP contribution in [0.5, 0.6) is 0 Å². The van der Waals surface area contributed by atoms with Gasteiger partial charge in [-0.25, -0.2) is 0 Å². The Hall–Kier alpha value is 0.0700. The molecule has 0 aromatic heterocycles. The first-order valence-electron chi connectivity index (χ1n) is 7.44. The normalized spacial score (nSPS) is 26.3. The van der Waals surface area contributed by atoms with Crippen LogP contribution in [0.4, 0.5) is 0 Å². The van der Waals surface area contributed by atoms with Gasteiger partial charge in [0.2, 0.25) is 0 Å². The summed E-state index contributed by atoms with van der Waals surface area (Å²) in [5.41, 5.74) is -0.139. The summed E-state index contributed by atoms with van der Waals surface area (Å²) in [6.07, 6.45) is 4.33. The van der Waals surface area contributed by atoms with E-state index < -0.39 is 0 Å². The van der Waals surface area contributed by atoms with E-state index in [0.717, 1.165) is 24.2 Å².